The second-order valence-corrected chi connectivity index (χ2v) is 3.23. The predicted octanol–water partition coefficient (Wildman–Crippen LogP) is -2.28. The Balaban J connectivity index is 2.63. The monoisotopic (exact) mass is 196 g/mol. The summed E-state index contributed by atoms with van der Waals surface area (Å²) >= 11 is 3.81. The van der Waals surface area contributed by atoms with E-state index < -0.39 is 36.5 Å². The molecule has 0 spiro atoms. The molecule has 0 radical (unpaired) electrons. The van der Waals surface area contributed by atoms with Gasteiger partial charge in [-0.15, -0.1) is 12.6 Å². The molecule has 1 heterocycles. The van der Waals surface area contributed by atoms with E-state index in [1.54, 1.807) is 0 Å². The quantitative estimate of drug-likeness (QED) is 0.305. The van der Waals surface area contributed by atoms with Gasteiger partial charge >= 0.3 is 0 Å². The zero-order chi connectivity index (χ0) is 9.30. The van der Waals surface area contributed by atoms with Gasteiger partial charge in [-0.3, -0.25) is 0 Å². The van der Waals surface area contributed by atoms with Crippen LogP contribution in [-0.2, 0) is 4.74 Å². The molecular formula is C6H12O5S. The third kappa shape index (κ3) is 1.73. The fourth-order valence-electron chi connectivity index (χ4n) is 1.08. The molecule has 0 aromatic rings. The number of aliphatic hydroxyl groups is 4. The van der Waals surface area contributed by atoms with Gasteiger partial charge in [-0.2, -0.15) is 0 Å². The van der Waals surface area contributed by atoms with E-state index in [1.165, 1.54) is 0 Å². The molecule has 5 atom stereocenters. The summed E-state index contributed by atoms with van der Waals surface area (Å²) in [5.74, 6) is 0. The van der Waals surface area contributed by atoms with Crippen LogP contribution in [-0.4, -0.2) is 56.9 Å². The van der Waals surface area contributed by atoms with E-state index in [4.69, 9.17) is 14.9 Å². The maximum Gasteiger partial charge on any atom is 0.129 e. The molecule has 6 heteroatoms. The minimum Gasteiger partial charge on any atom is -0.394 e. The standard InChI is InChI=1S/C6H12O5S/c7-1-2-3(8)4(9)5(10)6(12)11-2/h2-10,12H,1H2/t2-,3-,4-,5-,6+/m1/s1. The number of ether oxygens (including phenoxy) is 1. The molecule has 1 aliphatic rings. The average Bonchev–Trinajstić information content (AvgIpc) is 2.08. The van der Waals surface area contributed by atoms with Crippen LogP contribution in [0.25, 0.3) is 0 Å². The minimum atomic E-state index is -1.32. The van der Waals surface area contributed by atoms with Crippen LogP contribution in [0.3, 0.4) is 0 Å². The highest BCUT2D eigenvalue weighted by molar-refractivity contribution is 7.80. The number of rotatable bonds is 1. The van der Waals surface area contributed by atoms with E-state index in [0.717, 1.165) is 0 Å². The number of hydrogen-bond acceptors (Lipinski definition) is 6. The molecule has 1 aliphatic heterocycles. The molecule has 0 saturated carbocycles. The van der Waals surface area contributed by atoms with E-state index >= 15 is 0 Å². The van der Waals surface area contributed by atoms with Crippen molar-refractivity contribution in [2.24, 2.45) is 0 Å². The Hall–Kier alpha value is 0.150. The van der Waals surface area contributed by atoms with Crippen molar-refractivity contribution >= 4 is 12.6 Å². The van der Waals surface area contributed by atoms with Crippen LogP contribution < -0.4 is 0 Å². The summed E-state index contributed by atoms with van der Waals surface area (Å²) in [7, 11) is 0. The Kier molecular flexibility index (Phi) is 3.33. The molecule has 1 fully saturated rings. The molecular weight excluding hydrogens is 184 g/mol. The highest BCUT2D eigenvalue weighted by atomic mass is 32.1. The molecule has 0 bridgehead atoms. The van der Waals surface area contributed by atoms with Crippen molar-refractivity contribution in [1.82, 2.24) is 0 Å². The van der Waals surface area contributed by atoms with Gasteiger partial charge in [0.2, 0.25) is 0 Å². The van der Waals surface area contributed by atoms with Crippen molar-refractivity contribution in [1.29, 1.82) is 0 Å². The lowest BCUT2D eigenvalue weighted by atomic mass is 10.0. The maximum absolute atomic E-state index is 9.20. The fourth-order valence-corrected chi connectivity index (χ4v) is 1.41. The predicted molar refractivity (Wildman–Crippen MR) is 42.8 cm³/mol. The minimum absolute atomic E-state index is 0.415. The molecule has 1 saturated heterocycles. The first kappa shape index (κ1) is 10.2. The third-order valence-corrected chi connectivity index (χ3v) is 2.29. The highest BCUT2D eigenvalue weighted by Gasteiger charge is 2.41. The molecule has 5 nitrogen and oxygen atoms in total. The summed E-state index contributed by atoms with van der Waals surface area (Å²) in [5.41, 5.74) is -0.874. The molecule has 0 amide bonds. The van der Waals surface area contributed by atoms with Gasteiger partial charge in [0.05, 0.1) is 6.61 Å². The van der Waals surface area contributed by atoms with E-state index in [9.17, 15) is 10.2 Å². The van der Waals surface area contributed by atoms with Crippen molar-refractivity contribution < 1.29 is 25.2 Å². The van der Waals surface area contributed by atoms with Gasteiger partial charge in [0, 0.05) is 0 Å². The maximum atomic E-state index is 9.20. The zero-order valence-electron chi connectivity index (χ0n) is 6.24. The summed E-state index contributed by atoms with van der Waals surface area (Å²) in [5, 5.41) is 36.2. The lowest BCUT2D eigenvalue weighted by Gasteiger charge is -2.37. The lowest BCUT2D eigenvalue weighted by Crippen LogP contribution is -2.56. The average molecular weight is 196 g/mol. The Labute approximate surface area is 75.0 Å². The molecule has 0 aliphatic carbocycles. The summed E-state index contributed by atoms with van der Waals surface area (Å²) in [4.78, 5) is 0. The van der Waals surface area contributed by atoms with Crippen molar-refractivity contribution in [3.8, 4) is 0 Å². The van der Waals surface area contributed by atoms with Crippen LogP contribution in [0.1, 0.15) is 0 Å². The summed E-state index contributed by atoms with van der Waals surface area (Å²) in [6.45, 7) is -0.415. The Morgan fingerprint density at radius 1 is 1.08 bits per heavy atom. The molecule has 12 heavy (non-hydrogen) atoms. The van der Waals surface area contributed by atoms with Crippen LogP contribution >= 0.6 is 12.6 Å². The first-order valence-corrected chi connectivity index (χ1v) is 4.08. The topological polar surface area (TPSA) is 90.2 Å². The largest absolute Gasteiger partial charge is 0.394 e. The summed E-state index contributed by atoms with van der Waals surface area (Å²) < 4.78 is 4.88. The van der Waals surface area contributed by atoms with Crippen LogP contribution in [0, 0.1) is 0 Å². The van der Waals surface area contributed by atoms with E-state index in [-0.39, 0.29) is 0 Å². The summed E-state index contributed by atoms with van der Waals surface area (Å²) in [6, 6.07) is 0. The van der Waals surface area contributed by atoms with Crippen LogP contribution in [0.4, 0.5) is 0 Å². The van der Waals surface area contributed by atoms with Gasteiger partial charge in [0.25, 0.3) is 0 Å². The van der Waals surface area contributed by atoms with E-state index in [2.05, 4.69) is 12.6 Å². The highest BCUT2D eigenvalue weighted by Crippen LogP contribution is 2.22. The second kappa shape index (κ2) is 3.91. The van der Waals surface area contributed by atoms with Crippen molar-refractivity contribution in [3.05, 3.63) is 0 Å². The second-order valence-electron chi connectivity index (χ2n) is 2.72. The smallest absolute Gasteiger partial charge is 0.129 e. The Morgan fingerprint density at radius 2 is 1.67 bits per heavy atom. The van der Waals surface area contributed by atoms with Gasteiger partial charge in [-0.05, 0) is 0 Å². The zero-order valence-corrected chi connectivity index (χ0v) is 7.13. The normalized spacial score (nSPS) is 49.2. The molecule has 4 N–H and O–H groups in total. The van der Waals surface area contributed by atoms with Gasteiger partial charge in [-0.1, -0.05) is 0 Å². The SMILES string of the molecule is OC[C@H]1O[C@@H](S)[C@H](O)[C@H](O)[C@@H]1O. The first-order valence-electron chi connectivity index (χ1n) is 3.56. The first-order chi connectivity index (χ1) is 5.57. The number of aliphatic hydroxyl groups excluding tert-OH is 4. The van der Waals surface area contributed by atoms with Gasteiger partial charge in [0.15, 0.2) is 0 Å². The summed E-state index contributed by atoms with van der Waals surface area (Å²) in [6.07, 6.45) is -4.70. The molecule has 0 aromatic heterocycles. The van der Waals surface area contributed by atoms with Gasteiger partial charge in [-0.25, -0.2) is 0 Å². The lowest BCUT2D eigenvalue weighted by molar-refractivity contribution is -0.205. The van der Waals surface area contributed by atoms with Crippen LogP contribution in [0.2, 0.25) is 0 Å². The van der Waals surface area contributed by atoms with Crippen LogP contribution in [0.15, 0.2) is 0 Å². The molecule has 0 aromatic carbocycles. The molecule has 72 valence electrons. The fraction of sp³-hybridized carbons (Fsp3) is 1.00. The van der Waals surface area contributed by atoms with Crippen molar-refractivity contribution in [3.63, 3.8) is 0 Å². The molecule has 0 unspecified atom stereocenters. The van der Waals surface area contributed by atoms with E-state index in [1.807, 2.05) is 0 Å². The van der Waals surface area contributed by atoms with Gasteiger partial charge < -0.3 is 25.2 Å². The van der Waals surface area contributed by atoms with Crippen LogP contribution in [0.5, 0.6) is 0 Å². The molecule has 1 rings (SSSR count). The van der Waals surface area contributed by atoms with E-state index in [0.29, 0.717) is 0 Å². The van der Waals surface area contributed by atoms with Crippen molar-refractivity contribution in [2.75, 3.05) is 6.61 Å². The Bertz CT molecular complexity index is 150. The van der Waals surface area contributed by atoms with Crippen molar-refractivity contribution in [2.45, 2.75) is 29.9 Å². The Morgan fingerprint density at radius 3 is 2.17 bits per heavy atom. The number of thiol groups is 1. The number of hydrogen-bond donors (Lipinski definition) is 5. The van der Waals surface area contributed by atoms with Gasteiger partial charge in [0.1, 0.15) is 29.9 Å². The third-order valence-electron chi connectivity index (χ3n) is 1.87.